The van der Waals surface area contributed by atoms with Gasteiger partial charge in [0.2, 0.25) is 5.91 Å². The first kappa shape index (κ1) is 25.2. The molecule has 0 saturated carbocycles. The van der Waals surface area contributed by atoms with E-state index < -0.39 is 12.0 Å². The van der Waals surface area contributed by atoms with Gasteiger partial charge >= 0.3 is 29.6 Å². The Morgan fingerprint density at radius 3 is 1.96 bits per heavy atom. The van der Waals surface area contributed by atoms with E-state index >= 15 is 0 Å². The van der Waals surface area contributed by atoms with Crippen molar-refractivity contribution in [1.29, 1.82) is 0 Å². The molecular formula is C18H34NNaO3. The van der Waals surface area contributed by atoms with E-state index in [0.29, 0.717) is 6.42 Å². The topological polar surface area (TPSA) is 69.2 Å². The summed E-state index contributed by atoms with van der Waals surface area (Å²) in [4.78, 5) is 23.2. The normalized spacial score (nSPS) is 14.4. The summed E-state index contributed by atoms with van der Waals surface area (Å²) in [5.74, 6) is -1.60. The van der Waals surface area contributed by atoms with E-state index in [4.69, 9.17) is 0 Å². The van der Waals surface area contributed by atoms with Gasteiger partial charge in [-0.25, -0.2) is 0 Å². The molecule has 1 unspecified atom stereocenters. The van der Waals surface area contributed by atoms with Crippen molar-refractivity contribution in [2.24, 2.45) is 11.8 Å². The molecule has 23 heavy (non-hydrogen) atoms. The molecule has 0 aromatic heterocycles. The fourth-order valence-corrected chi connectivity index (χ4v) is 2.50. The van der Waals surface area contributed by atoms with Crippen molar-refractivity contribution in [3.63, 3.8) is 0 Å². The SMILES string of the molecule is CCCCCCCCCC(C)C(=O)N[C@H](C(=O)[O-])[C@@H](C)CC.[Na+]. The quantitative estimate of drug-likeness (QED) is 0.382. The van der Waals surface area contributed by atoms with Crippen LogP contribution in [0.1, 0.15) is 85.5 Å². The molecule has 0 spiro atoms. The van der Waals surface area contributed by atoms with Crippen LogP contribution in [0, 0.1) is 11.8 Å². The van der Waals surface area contributed by atoms with Crippen LogP contribution >= 0.6 is 0 Å². The molecule has 1 N–H and O–H groups in total. The number of carbonyl (C=O) groups excluding carboxylic acids is 2. The molecule has 0 aromatic rings. The van der Waals surface area contributed by atoms with Crippen LogP contribution in [0.15, 0.2) is 0 Å². The van der Waals surface area contributed by atoms with Crippen molar-refractivity contribution < 1.29 is 44.3 Å². The van der Waals surface area contributed by atoms with Gasteiger partial charge in [0, 0.05) is 5.92 Å². The van der Waals surface area contributed by atoms with E-state index in [1.54, 1.807) is 0 Å². The molecule has 0 radical (unpaired) electrons. The molecule has 0 aromatic carbocycles. The van der Waals surface area contributed by atoms with Gasteiger partial charge < -0.3 is 15.2 Å². The van der Waals surface area contributed by atoms with E-state index in [-0.39, 0.29) is 47.3 Å². The minimum absolute atomic E-state index is 0. The first-order valence-electron chi connectivity index (χ1n) is 8.95. The molecule has 1 amide bonds. The summed E-state index contributed by atoms with van der Waals surface area (Å²) in [5.41, 5.74) is 0. The van der Waals surface area contributed by atoms with Crippen LogP contribution in [-0.2, 0) is 9.59 Å². The van der Waals surface area contributed by atoms with Crippen LogP contribution in [0.4, 0.5) is 0 Å². The van der Waals surface area contributed by atoms with Crippen LogP contribution in [0.5, 0.6) is 0 Å². The Kier molecular flexibility index (Phi) is 16.9. The Balaban J connectivity index is 0. The fourth-order valence-electron chi connectivity index (χ4n) is 2.50. The monoisotopic (exact) mass is 335 g/mol. The molecule has 0 bridgehead atoms. The second-order valence-corrected chi connectivity index (χ2v) is 6.50. The Hall–Kier alpha value is -0.0600. The number of carboxylic acid groups (broad SMARTS) is 1. The Morgan fingerprint density at radius 1 is 0.957 bits per heavy atom. The molecule has 0 aliphatic carbocycles. The molecule has 130 valence electrons. The van der Waals surface area contributed by atoms with E-state index in [1.807, 2.05) is 20.8 Å². The van der Waals surface area contributed by atoms with Crippen LogP contribution < -0.4 is 40.0 Å². The summed E-state index contributed by atoms with van der Waals surface area (Å²) >= 11 is 0. The first-order chi connectivity index (χ1) is 10.4. The third-order valence-electron chi connectivity index (χ3n) is 4.45. The predicted molar refractivity (Wildman–Crippen MR) is 88.2 cm³/mol. The minimum atomic E-state index is -1.19. The zero-order valence-electron chi connectivity index (χ0n) is 15.8. The number of unbranched alkanes of at least 4 members (excludes halogenated alkanes) is 6. The van der Waals surface area contributed by atoms with Gasteiger partial charge in [0.05, 0.1) is 12.0 Å². The summed E-state index contributed by atoms with van der Waals surface area (Å²) < 4.78 is 0. The van der Waals surface area contributed by atoms with Crippen molar-refractivity contribution in [2.75, 3.05) is 0 Å². The molecule has 0 aliphatic heterocycles. The van der Waals surface area contributed by atoms with Gasteiger partial charge in [0.25, 0.3) is 0 Å². The average molecular weight is 335 g/mol. The fraction of sp³-hybridized carbons (Fsp3) is 0.889. The number of hydrogen-bond acceptors (Lipinski definition) is 3. The summed E-state index contributed by atoms with van der Waals surface area (Å²) in [6.45, 7) is 7.81. The molecule has 5 heteroatoms. The largest absolute Gasteiger partial charge is 1.00 e. The van der Waals surface area contributed by atoms with Crippen molar-refractivity contribution in [3.8, 4) is 0 Å². The number of aliphatic carboxylic acids is 1. The Bertz CT molecular complexity index is 323. The number of amides is 1. The summed E-state index contributed by atoms with van der Waals surface area (Å²) in [6, 6.07) is -0.881. The van der Waals surface area contributed by atoms with E-state index in [2.05, 4.69) is 12.2 Å². The van der Waals surface area contributed by atoms with Crippen LogP contribution in [0.2, 0.25) is 0 Å². The second kappa shape index (κ2) is 15.5. The van der Waals surface area contributed by atoms with Gasteiger partial charge in [0.15, 0.2) is 0 Å². The standard InChI is InChI=1S/C18H35NO3.Na/c1-5-7-8-9-10-11-12-13-15(4)17(20)19-16(18(21)22)14(3)6-2;/h14-16H,5-13H2,1-4H3,(H,19,20)(H,21,22);/q;+1/p-1/t14-,15?,16-;/m0./s1. The van der Waals surface area contributed by atoms with Crippen molar-refractivity contribution in [1.82, 2.24) is 5.32 Å². The Labute approximate surface area is 164 Å². The van der Waals surface area contributed by atoms with Gasteiger partial charge in [-0.2, -0.15) is 0 Å². The zero-order valence-corrected chi connectivity index (χ0v) is 17.8. The van der Waals surface area contributed by atoms with Crippen molar-refractivity contribution in [3.05, 3.63) is 0 Å². The number of nitrogens with one attached hydrogen (secondary N) is 1. The second-order valence-electron chi connectivity index (χ2n) is 6.50. The first-order valence-corrected chi connectivity index (χ1v) is 8.95. The molecule has 0 saturated heterocycles. The molecule has 0 fully saturated rings. The van der Waals surface area contributed by atoms with Gasteiger partial charge in [-0.3, -0.25) is 4.79 Å². The van der Waals surface area contributed by atoms with Gasteiger partial charge in [-0.05, 0) is 12.3 Å². The average Bonchev–Trinajstić information content (AvgIpc) is 2.50. The smallest absolute Gasteiger partial charge is 0.548 e. The minimum Gasteiger partial charge on any atom is -0.548 e. The number of carbonyl (C=O) groups is 2. The predicted octanol–water partition coefficient (Wildman–Crippen LogP) is 0.0480. The van der Waals surface area contributed by atoms with Crippen molar-refractivity contribution in [2.45, 2.75) is 91.5 Å². The Morgan fingerprint density at radius 2 is 1.48 bits per heavy atom. The number of hydrogen-bond donors (Lipinski definition) is 1. The van der Waals surface area contributed by atoms with Crippen LogP contribution in [0.3, 0.4) is 0 Å². The third-order valence-corrected chi connectivity index (χ3v) is 4.45. The summed E-state index contributed by atoms with van der Waals surface area (Å²) in [5, 5.41) is 13.8. The van der Waals surface area contributed by atoms with Gasteiger partial charge in [-0.1, -0.05) is 79.1 Å². The van der Waals surface area contributed by atoms with Crippen LogP contribution in [-0.4, -0.2) is 17.9 Å². The van der Waals surface area contributed by atoms with E-state index in [0.717, 1.165) is 19.3 Å². The van der Waals surface area contributed by atoms with Crippen molar-refractivity contribution >= 4 is 11.9 Å². The molecule has 3 atom stereocenters. The van der Waals surface area contributed by atoms with Gasteiger partial charge in [0.1, 0.15) is 0 Å². The molecule has 0 aliphatic rings. The zero-order chi connectivity index (χ0) is 17.0. The maximum Gasteiger partial charge on any atom is 1.00 e. The maximum atomic E-state index is 12.1. The van der Waals surface area contributed by atoms with E-state index in [1.165, 1.54) is 32.1 Å². The maximum absolute atomic E-state index is 12.1. The molecule has 0 rings (SSSR count). The van der Waals surface area contributed by atoms with Crippen LogP contribution in [0.25, 0.3) is 0 Å². The van der Waals surface area contributed by atoms with E-state index in [9.17, 15) is 14.7 Å². The third kappa shape index (κ3) is 12.0. The summed E-state index contributed by atoms with van der Waals surface area (Å²) in [6.07, 6.45) is 10.1. The summed E-state index contributed by atoms with van der Waals surface area (Å²) in [7, 11) is 0. The number of carboxylic acids is 1. The molecule has 0 heterocycles. The number of rotatable bonds is 13. The molecule has 4 nitrogen and oxygen atoms in total. The molecular weight excluding hydrogens is 301 g/mol. The van der Waals surface area contributed by atoms with Gasteiger partial charge in [-0.15, -0.1) is 0 Å².